The Kier molecular flexibility index (Phi) is 7.57. The van der Waals surface area contributed by atoms with Crippen LogP contribution in [-0.2, 0) is 26.1 Å². The summed E-state index contributed by atoms with van der Waals surface area (Å²) in [6.45, 7) is 3.94. The number of ether oxygens (including phenoxy) is 2. The number of carbonyl (C=O) groups is 2. The smallest absolute Gasteiger partial charge is 0.424 e. The number of amides is 2. The Balaban J connectivity index is 1.93. The molecular formula is C22H25FN6O6S. The molecule has 0 radical (unpaired) electrons. The molecule has 0 aliphatic carbocycles. The molecule has 0 fully saturated rings. The maximum absolute atomic E-state index is 13.3. The van der Waals surface area contributed by atoms with Crippen LogP contribution < -0.4 is 10.5 Å². The van der Waals surface area contributed by atoms with Crippen LogP contribution in [0.1, 0.15) is 26.3 Å². The van der Waals surface area contributed by atoms with Crippen LogP contribution in [0.5, 0.6) is 5.75 Å². The third-order valence-electron chi connectivity index (χ3n) is 4.58. The first kappa shape index (κ1) is 26.5. The summed E-state index contributed by atoms with van der Waals surface area (Å²) in [5, 5.41) is 12.2. The SMILES string of the molecule is COc1cc(-c2nnn(Cc3ccc(F)cc3)n2)ccc1S(=O)(=O)N(CC(N)=O)C(=O)OC(C)(C)C. The van der Waals surface area contributed by atoms with Crippen LogP contribution in [-0.4, -0.2) is 64.2 Å². The molecule has 192 valence electrons. The number of nitrogens with zero attached hydrogens (tertiary/aromatic N) is 5. The van der Waals surface area contributed by atoms with E-state index < -0.39 is 39.1 Å². The van der Waals surface area contributed by atoms with Gasteiger partial charge in [-0.15, -0.1) is 10.2 Å². The van der Waals surface area contributed by atoms with E-state index in [-0.39, 0.29) is 28.2 Å². The van der Waals surface area contributed by atoms with Crippen LogP contribution in [0, 0.1) is 5.82 Å². The lowest BCUT2D eigenvalue weighted by Crippen LogP contribution is -2.45. The Morgan fingerprint density at radius 3 is 2.39 bits per heavy atom. The summed E-state index contributed by atoms with van der Waals surface area (Å²) in [6.07, 6.45) is -1.27. The first-order chi connectivity index (χ1) is 16.8. The second kappa shape index (κ2) is 10.3. The number of rotatable bonds is 8. The van der Waals surface area contributed by atoms with Gasteiger partial charge in [-0.25, -0.2) is 17.6 Å². The second-order valence-corrected chi connectivity index (χ2v) is 10.4. The van der Waals surface area contributed by atoms with Gasteiger partial charge >= 0.3 is 6.09 Å². The highest BCUT2D eigenvalue weighted by atomic mass is 32.2. The molecule has 12 nitrogen and oxygen atoms in total. The van der Waals surface area contributed by atoms with E-state index in [0.29, 0.717) is 5.56 Å². The Labute approximate surface area is 206 Å². The van der Waals surface area contributed by atoms with E-state index in [4.69, 9.17) is 15.2 Å². The van der Waals surface area contributed by atoms with Crippen molar-refractivity contribution in [2.75, 3.05) is 13.7 Å². The molecule has 0 aliphatic rings. The molecule has 14 heteroatoms. The van der Waals surface area contributed by atoms with Gasteiger partial charge in [-0.05, 0) is 61.9 Å². The molecule has 0 unspecified atom stereocenters. The number of carbonyl (C=O) groups excluding carboxylic acids is 2. The largest absolute Gasteiger partial charge is 0.495 e. The number of tetrazole rings is 1. The Bertz CT molecular complexity index is 1370. The van der Waals surface area contributed by atoms with E-state index >= 15 is 0 Å². The lowest BCUT2D eigenvalue weighted by atomic mass is 10.2. The molecule has 2 aromatic carbocycles. The number of hydrogen-bond acceptors (Lipinski definition) is 9. The third kappa shape index (κ3) is 6.33. The van der Waals surface area contributed by atoms with Gasteiger partial charge in [0.25, 0.3) is 10.0 Å². The quantitative estimate of drug-likeness (QED) is 0.468. The van der Waals surface area contributed by atoms with E-state index in [0.717, 1.165) is 5.56 Å². The zero-order valence-corrected chi connectivity index (χ0v) is 20.8. The second-order valence-electron chi connectivity index (χ2n) is 8.59. The lowest BCUT2D eigenvalue weighted by molar-refractivity contribution is -0.118. The summed E-state index contributed by atoms with van der Waals surface area (Å²) >= 11 is 0. The fourth-order valence-electron chi connectivity index (χ4n) is 3.02. The van der Waals surface area contributed by atoms with E-state index in [1.54, 1.807) is 32.9 Å². The van der Waals surface area contributed by atoms with E-state index in [1.165, 1.54) is 42.2 Å². The number of methoxy groups -OCH3 is 1. The minimum Gasteiger partial charge on any atom is -0.495 e. The van der Waals surface area contributed by atoms with Crippen molar-refractivity contribution in [3.63, 3.8) is 0 Å². The van der Waals surface area contributed by atoms with Crippen molar-refractivity contribution in [2.45, 2.75) is 37.8 Å². The summed E-state index contributed by atoms with van der Waals surface area (Å²) in [5.41, 5.74) is 5.27. The number of benzene rings is 2. The maximum atomic E-state index is 13.3. The molecule has 36 heavy (non-hydrogen) atoms. The van der Waals surface area contributed by atoms with Gasteiger partial charge in [0.05, 0.1) is 13.7 Å². The predicted molar refractivity (Wildman–Crippen MR) is 125 cm³/mol. The summed E-state index contributed by atoms with van der Waals surface area (Å²) < 4.78 is 50.4. The fraction of sp³-hybridized carbons (Fsp3) is 0.318. The number of aromatic nitrogens is 4. The Morgan fingerprint density at radius 1 is 1.14 bits per heavy atom. The van der Waals surface area contributed by atoms with Crippen LogP contribution in [0.3, 0.4) is 0 Å². The number of primary amides is 1. The van der Waals surface area contributed by atoms with Crippen molar-refractivity contribution in [1.29, 1.82) is 0 Å². The zero-order valence-electron chi connectivity index (χ0n) is 20.0. The molecule has 0 aliphatic heterocycles. The van der Waals surface area contributed by atoms with Crippen LogP contribution in [0.2, 0.25) is 0 Å². The molecule has 0 atom stereocenters. The molecule has 0 spiro atoms. The zero-order chi connectivity index (χ0) is 26.7. The van der Waals surface area contributed by atoms with Gasteiger partial charge in [-0.1, -0.05) is 12.1 Å². The van der Waals surface area contributed by atoms with Gasteiger partial charge in [0.15, 0.2) is 0 Å². The average molecular weight is 521 g/mol. The van der Waals surface area contributed by atoms with Gasteiger partial charge in [-0.2, -0.15) is 9.10 Å². The Morgan fingerprint density at radius 2 is 1.81 bits per heavy atom. The molecule has 0 saturated heterocycles. The summed E-state index contributed by atoms with van der Waals surface area (Å²) in [4.78, 5) is 25.0. The van der Waals surface area contributed by atoms with Crippen molar-refractivity contribution in [2.24, 2.45) is 5.73 Å². The van der Waals surface area contributed by atoms with Crippen LogP contribution in [0.25, 0.3) is 11.4 Å². The van der Waals surface area contributed by atoms with E-state index in [9.17, 15) is 22.4 Å². The average Bonchev–Trinajstić information content (AvgIpc) is 3.25. The molecule has 1 aromatic heterocycles. The van der Waals surface area contributed by atoms with Crippen LogP contribution >= 0.6 is 0 Å². The van der Waals surface area contributed by atoms with Crippen molar-refractivity contribution < 1.29 is 31.9 Å². The molecule has 0 saturated carbocycles. The third-order valence-corrected chi connectivity index (χ3v) is 6.33. The number of sulfonamides is 1. The first-order valence-electron chi connectivity index (χ1n) is 10.5. The highest BCUT2D eigenvalue weighted by Crippen LogP contribution is 2.31. The first-order valence-corrected chi connectivity index (χ1v) is 12.0. The van der Waals surface area contributed by atoms with E-state index in [2.05, 4.69) is 15.4 Å². The molecule has 2 N–H and O–H groups in total. The number of hydrogen-bond donors (Lipinski definition) is 1. The molecule has 1 heterocycles. The lowest BCUT2D eigenvalue weighted by Gasteiger charge is -2.26. The fourth-order valence-corrected chi connectivity index (χ4v) is 4.42. The summed E-state index contributed by atoms with van der Waals surface area (Å²) in [5.74, 6) is -1.39. The topological polar surface area (TPSA) is 160 Å². The highest BCUT2D eigenvalue weighted by molar-refractivity contribution is 7.89. The van der Waals surface area contributed by atoms with Gasteiger partial charge in [0.2, 0.25) is 11.7 Å². The monoisotopic (exact) mass is 520 g/mol. The predicted octanol–water partition coefficient (Wildman–Crippen LogP) is 1.95. The van der Waals surface area contributed by atoms with Crippen molar-refractivity contribution in [3.8, 4) is 17.1 Å². The highest BCUT2D eigenvalue weighted by Gasteiger charge is 2.36. The van der Waals surface area contributed by atoms with Crippen molar-refractivity contribution >= 4 is 22.0 Å². The number of halogens is 1. The normalized spacial score (nSPS) is 11.7. The molecule has 3 rings (SSSR count). The minimum atomic E-state index is -4.61. The van der Waals surface area contributed by atoms with Crippen molar-refractivity contribution in [3.05, 3.63) is 53.8 Å². The minimum absolute atomic E-state index is 0.139. The summed E-state index contributed by atoms with van der Waals surface area (Å²) in [6, 6.07) is 9.73. The maximum Gasteiger partial charge on any atom is 0.424 e. The Hall–Kier alpha value is -4.07. The van der Waals surface area contributed by atoms with Crippen molar-refractivity contribution in [1.82, 2.24) is 24.5 Å². The standard InChI is InChI=1S/C22H25FN6O6S/c1-22(2,3)35-21(31)28(13-19(24)30)36(32,33)18-10-7-15(11-17(18)34-4)20-25-27-29(26-20)12-14-5-8-16(23)9-6-14/h5-11H,12-13H2,1-4H3,(H2,24,30). The molecule has 0 bridgehead atoms. The van der Waals surface area contributed by atoms with Crippen LogP contribution in [0.4, 0.5) is 9.18 Å². The van der Waals surface area contributed by atoms with Gasteiger partial charge in [0, 0.05) is 5.56 Å². The van der Waals surface area contributed by atoms with Gasteiger partial charge in [-0.3, -0.25) is 4.79 Å². The molecule has 3 aromatic rings. The van der Waals surface area contributed by atoms with Gasteiger partial charge in [0.1, 0.15) is 28.6 Å². The van der Waals surface area contributed by atoms with E-state index in [1.807, 2.05) is 0 Å². The van der Waals surface area contributed by atoms with Crippen LogP contribution in [0.15, 0.2) is 47.4 Å². The number of nitrogens with two attached hydrogens (primary N) is 1. The molecule has 2 amide bonds. The summed E-state index contributed by atoms with van der Waals surface area (Å²) in [7, 11) is -3.37. The van der Waals surface area contributed by atoms with Gasteiger partial charge < -0.3 is 15.2 Å². The molecular weight excluding hydrogens is 495 g/mol.